The molecule has 0 aliphatic rings. The Balaban J connectivity index is 1.88. The van der Waals surface area contributed by atoms with Crippen LogP contribution in [0.1, 0.15) is 25.3 Å². The van der Waals surface area contributed by atoms with E-state index in [1.807, 2.05) is 13.0 Å². The quantitative estimate of drug-likeness (QED) is 0.212. The molecule has 1 amide bonds. The third kappa shape index (κ3) is 7.32. The molecule has 0 unspecified atom stereocenters. The monoisotopic (exact) mass is 408 g/mol. The fourth-order valence-corrected chi connectivity index (χ4v) is 2.40. The summed E-state index contributed by atoms with van der Waals surface area (Å²) in [7, 11) is 1.57. The minimum Gasteiger partial charge on any atom is -0.497 e. The minimum absolute atomic E-state index is 0.0174. The van der Waals surface area contributed by atoms with Gasteiger partial charge in [-0.1, -0.05) is 25.5 Å². The van der Waals surface area contributed by atoms with Gasteiger partial charge in [0, 0.05) is 6.54 Å². The van der Waals surface area contributed by atoms with Crippen molar-refractivity contribution in [2.24, 2.45) is 0 Å². The van der Waals surface area contributed by atoms with E-state index in [2.05, 4.69) is 5.32 Å². The fraction of sp³-hybridized carbons (Fsp3) is 0.261. The van der Waals surface area contributed by atoms with Crippen molar-refractivity contribution >= 4 is 18.0 Å². The number of carbonyl (C=O) groups excluding carboxylic acids is 2. The molecule has 1 N–H and O–H groups in total. The molecule has 0 aromatic heterocycles. The van der Waals surface area contributed by atoms with Gasteiger partial charge in [-0.05, 0) is 54.5 Å². The lowest BCUT2D eigenvalue weighted by Gasteiger charge is -2.08. The van der Waals surface area contributed by atoms with Gasteiger partial charge in [-0.2, -0.15) is 5.26 Å². The van der Waals surface area contributed by atoms with E-state index in [0.717, 1.165) is 12.8 Å². The number of methoxy groups -OCH3 is 1. The predicted octanol–water partition coefficient (Wildman–Crippen LogP) is 3.50. The van der Waals surface area contributed by atoms with E-state index < -0.39 is 11.9 Å². The Hall–Kier alpha value is -3.79. The van der Waals surface area contributed by atoms with E-state index in [4.69, 9.17) is 14.2 Å². The van der Waals surface area contributed by atoms with Gasteiger partial charge in [-0.3, -0.25) is 4.79 Å². The van der Waals surface area contributed by atoms with Gasteiger partial charge >= 0.3 is 5.97 Å². The van der Waals surface area contributed by atoms with Gasteiger partial charge in [-0.25, -0.2) is 4.79 Å². The van der Waals surface area contributed by atoms with Crippen LogP contribution in [0.25, 0.3) is 6.08 Å². The van der Waals surface area contributed by atoms with Crippen LogP contribution in [-0.2, 0) is 9.59 Å². The van der Waals surface area contributed by atoms with Crippen LogP contribution >= 0.6 is 0 Å². The number of nitrogens with one attached hydrogen (secondary N) is 1. The molecule has 2 aromatic carbocycles. The Morgan fingerprint density at radius 2 is 1.67 bits per heavy atom. The second-order valence-corrected chi connectivity index (χ2v) is 6.29. The normalized spacial score (nSPS) is 10.6. The molecule has 0 aliphatic heterocycles. The Kier molecular flexibility index (Phi) is 8.94. The number of amides is 1. The van der Waals surface area contributed by atoms with E-state index in [9.17, 15) is 14.9 Å². The summed E-state index contributed by atoms with van der Waals surface area (Å²) in [5.74, 6) is 0.590. The molecule has 7 heteroatoms. The molecule has 0 radical (unpaired) electrons. The highest BCUT2D eigenvalue weighted by Crippen LogP contribution is 2.18. The van der Waals surface area contributed by atoms with Crippen LogP contribution in [0, 0.1) is 11.3 Å². The van der Waals surface area contributed by atoms with E-state index in [1.165, 1.54) is 6.08 Å². The minimum atomic E-state index is -0.554. The largest absolute Gasteiger partial charge is 0.497 e. The van der Waals surface area contributed by atoms with Crippen LogP contribution in [0.4, 0.5) is 0 Å². The maximum Gasteiger partial charge on any atom is 0.349 e. The summed E-state index contributed by atoms with van der Waals surface area (Å²) in [6, 6.07) is 15.2. The van der Waals surface area contributed by atoms with Crippen molar-refractivity contribution in [3.63, 3.8) is 0 Å². The number of carbonyl (C=O) groups is 2. The molecule has 2 rings (SSSR count). The first-order valence-electron chi connectivity index (χ1n) is 9.53. The predicted molar refractivity (Wildman–Crippen MR) is 112 cm³/mol. The zero-order valence-corrected chi connectivity index (χ0v) is 17.0. The number of nitriles is 1. The smallest absolute Gasteiger partial charge is 0.349 e. The van der Waals surface area contributed by atoms with Gasteiger partial charge in [0.15, 0.2) is 6.61 Å². The first-order valence-corrected chi connectivity index (χ1v) is 9.53. The van der Waals surface area contributed by atoms with Gasteiger partial charge in [-0.15, -0.1) is 0 Å². The van der Waals surface area contributed by atoms with Crippen LogP contribution in [0.3, 0.4) is 0 Å². The van der Waals surface area contributed by atoms with Crippen molar-refractivity contribution in [3.8, 4) is 23.3 Å². The third-order valence-corrected chi connectivity index (χ3v) is 4.02. The fourth-order valence-electron chi connectivity index (χ4n) is 2.40. The second kappa shape index (κ2) is 11.9. The molecule has 2 aromatic rings. The van der Waals surface area contributed by atoms with Crippen molar-refractivity contribution < 1.29 is 23.8 Å². The molecule has 0 aliphatic carbocycles. The SMILES string of the molecule is CCCCNC(=O)/C(C#N)=C/c1ccc(OC(=O)COc2ccc(OC)cc2)cc1. The van der Waals surface area contributed by atoms with Crippen LogP contribution in [0.2, 0.25) is 0 Å². The molecule has 0 saturated heterocycles. The Labute approximate surface area is 175 Å². The zero-order chi connectivity index (χ0) is 21.8. The molecule has 30 heavy (non-hydrogen) atoms. The number of hydrogen-bond acceptors (Lipinski definition) is 6. The lowest BCUT2D eigenvalue weighted by molar-refractivity contribution is -0.136. The topological polar surface area (TPSA) is 97.7 Å². The summed E-state index contributed by atoms with van der Waals surface area (Å²) in [6.07, 6.45) is 3.30. The number of hydrogen-bond donors (Lipinski definition) is 1. The van der Waals surface area contributed by atoms with Crippen molar-refractivity contribution in [2.45, 2.75) is 19.8 Å². The van der Waals surface area contributed by atoms with Gasteiger partial charge in [0.25, 0.3) is 5.91 Å². The van der Waals surface area contributed by atoms with Crippen LogP contribution in [-0.4, -0.2) is 32.1 Å². The lowest BCUT2D eigenvalue weighted by Crippen LogP contribution is -2.25. The van der Waals surface area contributed by atoms with Gasteiger partial charge in [0.2, 0.25) is 0 Å². The highest BCUT2D eigenvalue weighted by molar-refractivity contribution is 6.01. The number of rotatable bonds is 10. The van der Waals surface area contributed by atoms with Crippen molar-refractivity contribution in [3.05, 3.63) is 59.7 Å². The number of esters is 1. The van der Waals surface area contributed by atoms with Gasteiger partial charge in [0.05, 0.1) is 7.11 Å². The summed E-state index contributed by atoms with van der Waals surface area (Å²) >= 11 is 0. The molecule has 0 saturated carbocycles. The first kappa shape index (κ1) is 22.5. The average Bonchev–Trinajstić information content (AvgIpc) is 2.77. The summed E-state index contributed by atoms with van der Waals surface area (Å²) in [6.45, 7) is 2.30. The van der Waals surface area contributed by atoms with E-state index in [-0.39, 0.29) is 12.2 Å². The van der Waals surface area contributed by atoms with Crippen molar-refractivity contribution in [2.75, 3.05) is 20.3 Å². The first-order chi connectivity index (χ1) is 14.5. The molecular weight excluding hydrogens is 384 g/mol. The molecule has 0 heterocycles. The summed E-state index contributed by atoms with van der Waals surface area (Å²) in [5.41, 5.74) is 0.662. The highest BCUT2D eigenvalue weighted by Gasteiger charge is 2.09. The maximum atomic E-state index is 12.0. The molecule has 156 valence electrons. The zero-order valence-electron chi connectivity index (χ0n) is 17.0. The number of nitrogens with zero attached hydrogens (tertiary/aromatic N) is 1. The van der Waals surface area contributed by atoms with E-state index >= 15 is 0 Å². The molecule has 0 fully saturated rings. The van der Waals surface area contributed by atoms with Crippen LogP contribution < -0.4 is 19.5 Å². The molecular formula is C23H24N2O5. The Morgan fingerprint density at radius 1 is 1.03 bits per heavy atom. The lowest BCUT2D eigenvalue weighted by atomic mass is 10.1. The summed E-state index contributed by atoms with van der Waals surface area (Å²) in [5, 5.41) is 11.9. The van der Waals surface area contributed by atoms with Gasteiger partial charge < -0.3 is 19.5 Å². The van der Waals surface area contributed by atoms with E-state index in [0.29, 0.717) is 29.4 Å². The number of ether oxygens (including phenoxy) is 3. The van der Waals surface area contributed by atoms with Crippen molar-refractivity contribution in [1.82, 2.24) is 5.32 Å². The van der Waals surface area contributed by atoms with Crippen molar-refractivity contribution in [1.29, 1.82) is 5.26 Å². The Bertz CT molecular complexity index is 912. The Morgan fingerprint density at radius 3 is 2.27 bits per heavy atom. The van der Waals surface area contributed by atoms with Crippen LogP contribution in [0.15, 0.2) is 54.1 Å². The number of unbranched alkanes of at least 4 members (excludes halogenated alkanes) is 1. The van der Waals surface area contributed by atoms with E-state index in [1.54, 1.807) is 55.6 Å². The summed E-state index contributed by atoms with van der Waals surface area (Å²) in [4.78, 5) is 24.0. The molecule has 0 bridgehead atoms. The molecule has 0 atom stereocenters. The standard InChI is InChI=1S/C23H24N2O5/c1-3-4-13-25-23(27)18(15-24)14-17-5-7-21(8-6-17)30-22(26)16-29-20-11-9-19(28-2)10-12-20/h5-12,14H,3-4,13,16H2,1-2H3,(H,25,27)/b18-14+. The summed E-state index contributed by atoms with van der Waals surface area (Å²) < 4.78 is 15.7. The van der Waals surface area contributed by atoms with Gasteiger partial charge in [0.1, 0.15) is 28.9 Å². The average molecular weight is 408 g/mol. The third-order valence-electron chi connectivity index (χ3n) is 4.02. The number of benzene rings is 2. The highest BCUT2D eigenvalue weighted by atomic mass is 16.6. The van der Waals surface area contributed by atoms with Crippen LogP contribution in [0.5, 0.6) is 17.2 Å². The molecule has 0 spiro atoms. The maximum absolute atomic E-state index is 12.0. The molecule has 7 nitrogen and oxygen atoms in total. The second-order valence-electron chi connectivity index (χ2n) is 6.29.